The number of rotatable bonds is 2. The normalized spacial score (nSPS) is 17.6. The first-order valence-corrected chi connectivity index (χ1v) is 6.94. The molecule has 100 valence electrons. The highest BCUT2D eigenvalue weighted by atomic mass is 35.5. The number of phenolic OH excluding ortho intramolecular Hbond substituents is 1. The Labute approximate surface area is 124 Å². The van der Waals surface area contributed by atoms with Crippen molar-refractivity contribution in [2.24, 2.45) is 0 Å². The van der Waals surface area contributed by atoms with E-state index in [9.17, 15) is 14.7 Å². The minimum Gasteiger partial charge on any atom is -0.505 e. The number of likely N-dealkylation sites (N-methyl/N-ethyl adjacent to an activating group) is 1. The highest BCUT2D eigenvalue weighted by Gasteiger charge is 2.33. The van der Waals surface area contributed by atoms with Gasteiger partial charge in [-0.1, -0.05) is 23.2 Å². The predicted octanol–water partition coefficient (Wildman–Crippen LogP) is 3.76. The van der Waals surface area contributed by atoms with Crippen LogP contribution in [0.2, 0.25) is 10.0 Å². The van der Waals surface area contributed by atoms with E-state index in [1.807, 2.05) is 0 Å². The minimum absolute atomic E-state index is 0.0912. The Hall–Kier alpha value is -1.17. The van der Waals surface area contributed by atoms with E-state index in [1.54, 1.807) is 6.92 Å². The van der Waals surface area contributed by atoms with Crippen molar-refractivity contribution < 1.29 is 14.7 Å². The molecule has 1 N–H and O–H groups in total. The fourth-order valence-corrected chi connectivity index (χ4v) is 3.00. The van der Waals surface area contributed by atoms with E-state index in [2.05, 4.69) is 0 Å². The van der Waals surface area contributed by atoms with E-state index in [0.717, 1.165) is 16.7 Å². The van der Waals surface area contributed by atoms with Crippen LogP contribution < -0.4 is 0 Å². The molecule has 1 aliphatic heterocycles. The first-order chi connectivity index (χ1) is 8.93. The van der Waals surface area contributed by atoms with Crippen molar-refractivity contribution in [3.8, 4) is 5.75 Å². The van der Waals surface area contributed by atoms with Crippen LogP contribution in [0.25, 0.3) is 6.08 Å². The largest absolute Gasteiger partial charge is 0.505 e. The van der Waals surface area contributed by atoms with Crippen molar-refractivity contribution in [1.29, 1.82) is 0 Å². The van der Waals surface area contributed by atoms with E-state index >= 15 is 0 Å². The topological polar surface area (TPSA) is 57.6 Å². The molecule has 0 aliphatic carbocycles. The molecule has 0 saturated carbocycles. The molecule has 0 atom stereocenters. The summed E-state index contributed by atoms with van der Waals surface area (Å²) in [7, 11) is 0. The number of halogens is 2. The molecular formula is C12H9Cl2NO3S. The standard InChI is InChI=1S/C12H9Cl2NO3S/c1-2-15-11(17)9(19-12(15)18)5-6-3-7(13)10(16)8(14)4-6/h3-5,16H,2H2,1H3/b9-5+. The van der Waals surface area contributed by atoms with Crippen LogP contribution in [0, 0.1) is 0 Å². The van der Waals surface area contributed by atoms with Crippen LogP contribution in [0.4, 0.5) is 4.79 Å². The van der Waals surface area contributed by atoms with E-state index in [4.69, 9.17) is 23.2 Å². The highest BCUT2D eigenvalue weighted by molar-refractivity contribution is 8.18. The minimum atomic E-state index is -0.335. The molecule has 1 aliphatic rings. The first-order valence-electron chi connectivity index (χ1n) is 5.37. The second-order valence-electron chi connectivity index (χ2n) is 3.76. The summed E-state index contributed by atoms with van der Waals surface area (Å²) in [5, 5.41) is 9.33. The van der Waals surface area contributed by atoms with Crippen molar-refractivity contribution in [2.75, 3.05) is 6.54 Å². The summed E-state index contributed by atoms with van der Waals surface area (Å²) in [6, 6.07) is 2.95. The maximum absolute atomic E-state index is 11.9. The second kappa shape index (κ2) is 5.45. The Morgan fingerprint density at radius 2 is 1.89 bits per heavy atom. The summed E-state index contributed by atoms with van der Waals surface area (Å²) in [6.07, 6.45) is 1.53. The Kier molecular flexibility index (Phi) is 4.08. The smallest absolute Gasteiger partial charge is 0.293 e. The summed E-state index contributed by atoms with van der Waals surface area (Å²) < 4.78 is 0. The molecular weight excluding hydrogens is 309 g/mol. The molecule has 1 saturated heterocycles. The number of hydrogen-bond donors (Lipinski definition) is 1. The van der Waals surface area contributed by atoms with Gasteiger partial charge in [-0.05, 0) is 42.5 Å². The summed E-state index contributed by atoms with van der Waals surface area (Å²) in [6.45, 7) is 2.06. The van der Waals surface area contributed by atoms with Gasteiger partial charge in [0.25, 0.3) is 11.1 Å². The SMILES string of the molecule is CCN1C(=O)S/C(=C/c2cc(Cl)c(O)c(Cl)c2)C1=O. The van der Waals surface area contributed by atoms with Crippen molar-refractivity contribution in [2.45, 2.75) is 6.92 Å². The quantitative estimate of drug-likeness (QED) is 0.844. The summed E-state index contributed by atoms with van der Waals surface area (Å²) in [5.74, 6) is -0.542. The molecule has 1 heterocycles. The third kappa shape index (κ3) is 2.73. The number of aromatic hydroxyl groups is 1. The van der Waals surface area contributed by atoms with Crippen molar-refractivity contribution in [3.63, 3.8) is 0 Å². The zero-order chi connectivity index (χ0) is 14.2. The van der Waals surface area contributed by atoms with Gasteiger partial charge in [0.1, 0.15) is 0 Å². The first kappa shape index (κ1) is 14.2. The van der Waals surface area contributed by atoms with E-state index in [1.165, 1.54) is 18.2 Å². The van der Waals surface area contributed by atoms with Gasteiger partial charge in [0.05, 0.1) is 15.0 Å². The molecule has 0 aromatic heterocycles. The number of thioether (sulfide) groups is 1. The number of phenols is 1. The second-order valence-corrected chi connectivity index (χ2v) is 5.57. The molecule has 2 amide bonds. The summed E-state index contributed by atoms with van der Waals surface area (Å²) in [5.41, 5.74) is 0.550. The van der Waals surface area contributed by atoms with Gasteiger partial charge in [-0.15, -0.1) is 0 Å². The maximum Gasteiger partial charge on any atom is 0.293 e. The number of benzene rings is 1. The molecule has 1 aromatic carbocycles. The third-order valence-corrected chi connectivity index (χ3v) is 4.01. The van der Waals surface area contributed by atoms with Gasteiger partial charge in [0.2, 0.25) is 0 Å². The van der Waals surface area contributed by atoms with E-state index < -0.39 is 0 Å². The Bertz CT molecular complexity index is 578. The highest BCUT2D eigenvalue weighted by Crippen LogP contribution is 2.36. The molecule has 0 spiro atoms. The maximum atomic E-state index is 11.9. The van der Waals surface area contributed by atoms with Crippen molar-refractivity contribution >= 4 is 52.2 Å². The van der Waals surface area contributed by atoms with Crippen LogP contribution >= 0.6 is 35.0 Å². The van der Waals surface area contributed by atoms with Crippen LogP contribution in [0.1, 0.15) is 12.5 Å². The summed E-state index contributed by atoms with van der Waals surface area (Å²) >= 11 is 12.5. The third-order valence-electron chi connectivity index (χ3n) is 2.53. The Balaban J connectivity index is 2.38. The lowest BCUT2D eigenvalue weighted by atomic mass is 10.2. The van der Waals surface area contributed by atoms with Gasteiger partial charge >= 0.3 is 0 Å². The lowest BCUT2D eigenvalue weighted by molar-refractivity contribution is -0.122. The monoisotopic (exact) mass is 317 g/mol. The number of carbonyl (C=O) groups excluding carboxylic acids is 2. The fraction of sp³-hybridized carbons (Fsp3) is 0.167. The van der Waals surface area contributed by atoms with Gasteiger partial charge in [0.15, 0.2) is 5.75 Å². The fourth-order valence-electron chi connectivity index (χ4n) is 1.59. The van der Waals surface area contributed by atoms with Gasteiger partial charge < -0.3 is 5.11 Å². The predicted molar refractivity (Wildman–Crippen MR) is 76.5 cm³/mol. The number of amides is 2. The van der Waals surface area contributed by atoms with Crippen LogP contribution in [-0.4, -0.2) is 27.7 Å². The average molecular weight is 318 g/mol. The molecule has 7 heteroatoms. The van der Waals surface area contributed by atoms with Gasteiger partial charge in [-0.2, -0.15) is 0 Å². The van der Waals surface area contributed by atoms with Gasteiger partial charge in [0, 0.05) is 6.54 Å². The van der Waals surface area contributed by atoms with Crippen LogP contribution in [0.15, 0.2) is 17.0 Å². The van der Waals surface area contributed by atoms with Crippen LogP contribution in [-0.2, 0) is 4.79 Å². The molecule has 2 rings (SSSR count). The van der Waals surface area contributed by atoms with Gasteiger partial charge in [-0.25, -0.2) is 0 Å². The average Bonchev–Trinajstić information content (AvgIpc) is 2.61. The molecule has 1 aromatic rings. The zero-order valence-electron chi connectivity index (χ0n) is 9.81. The molecule has 0 radical (unpaired) electrons. The van der Waals surface area contributed by atoms with Crippen molar-refractivity contribution in [3.05, 3.63) is 32.6 Å². The molecule has 0 unspecified atom stereocenters. The lowest BCUT2D eigenvalue weighted by Crippen LogP contribution is -2.27. The van der Waals surface area contributed by atoms with Crippen LogP contribution in [0.5, 0.6) is 5.75 Å². The number of hydrogen-bond acceptors (Lipinski definition) is 4. The number of nitrogens with zero attached hydrogens (tertiary/aromatic N) is 1. The molecule has 0 bridgehead atoms. The van der Waals surface area contributed by atoms with Crippen LogP contribution in [0.3, 0.4) is 0 Å². The molecule has 4 nitrogen and oxygen atoms in total. The molecule has 1 fully saturated rings. The zero-order valence-corrected chi connectivity index (χ0v) is 12.1. The Morgan fingerprint density at radius 3 is 2.37 bits per heavy atom. The van der Waals surface area contributed by atoms with Crippen molar-refractivity contribution in [1.82, 2.24) is 4.90 Å². The summed E-state index contributed by atoms with van der Waals surface area (Å²) in [4.78, 5) is 24.9. The Morgan fingerprint density at radius 1 is 1.32 bits per heavy atom. The number of imide groups is 1. The lowest BCUT2D eigenvalue weighted by Gasteiger charge is -2.07. The number of carbonyl (C=O) groups is 2. The van der Waals surface area contributed by atoms with E-state index in [0.29, 0.717) is 17.0 Å². The van der Waals surface area contributed by atoms with Gasteiger partial charge in [-0.3, -0.25) is 14.5 Å². The van der Waals surface area contributed by atoms with E-state index in [-0.39, 0.29) is 26.9 Å². The molecule has 19 heavy (non-hydrogen) atoms.